The van der Waals surface area contributed by atoms with E-state index in [1.165, 1.54) is 11.1 Å². The summed E-state index contributed by atoms with van der Waals surface area (Å²) in [6, 6.07) is 11.8. The summed E-state index contributed by atoms with van der Waals surface area (Å²) in [5, 5.41) is 3.63. The Morgan fingerprint density at radius 2 is 1.95 bits per heavy atom. The number of nitrogens with one attached hydrogen (secondary N) is 1. The molecule has 1 atom stereocenters. The summed E-state index contributed by atoms with van der Waals surface area (Å²) in [6.07, 6.45) is 5.95. The molecule has 1 aromatic carbocycles. The molecular weight excluding hydrogens is 251 g/mol. The van der Waals surface area contributed by atoms with Crippen molar-refractivity contribution in [2.75, 3.05) is 0 Å². The van der Waals surface area contributed by atoms with Crippen LogP contribution < -0.4 is 5.32 Å². The molecular formula is C17H19FN2. The van der Waals surface area contributed by atoms with Gasteiger partial charge in [-0.05, 0) is 55.0 Å². The summed E-state index contributed by atoms with van der Waals surface area (Å²) < 4.78 is 12.9. The largest absolute Gasteiger partial charge is 0.307 e. The van der Waals surface area contributed by atoms with Crippen molar-refractivity contribution in [1.82, 2.24) is 10.3 Å². The van der Waals surface area contributed by atoms with Crippen LogP contribution in [0.15, 0.2) is 48.8 Å². The molecule has 0 radical (unpaired) electrons. The summed E-state index contributed by atoms with van der Waals surface area (Å²) in [4.78, 5) is 4.15. The quantitative estimate of drug-likeness (QED) is 0.913. The first-order chi connectivity index (χ1) is 9.72. The molecule has 0 amide bonds. The molecule has 0 bridgehead atoms. The van der Waals surface area contributed by atoms with E-state index in [1.807, 2.05) is 24.4 Å². The van der Waals surface area contributed by atoms with Gasteiger partial charge in [0.15, 0.2) is 0 Å². The minimum absolute atomic E-state index is 0.159. The normalized spacial score (nSPS) is 23.1. The molecule has 0 saturated heterocycles. The van der Waals surface area contributed by atoms with Gasteiger partial charge in [0.1, 0.15) is 5.82 Å². The number of hydrogen-bond donors (Lipinski definition) is 1. The van der Waals surface area contributed by atoms with E-state index >= 15 is 0 Å². The lowest BCUT2D eigenvalue weighted by Crippen LogP contribution is -2.41. The van der Waals surface area contributed by atoms with E-state index in [2.05, 4.69) is 23.3 Å². The van der Waals surface area contributed by atoms with Crippen molar-refractivity contribution < 1.29 is 4.39 Å². The second-order valence-corrected chi connectivity index (χ2v) is 5.59. The van der Waals surface area contributed by atoms with Crippen LogP contribution >= 0.6 is 0 Å². The van der Waals surface area contributed by atoms with E-state index in [9.17, 15) is 4.39 Å². The molecule has 3 rings (SSSR count). The molecule has 0 unspecified atom stereocenters. The number of halogens is 1. The summed E-state index contributed by atoms with van der Waals surface area (Å²) in [6.45, 7) is 2.17. The molecule has 2 nitrogen and oxygen atoms in total. The van der Waals surface area contributed by atoms with Crippen LogP contribution in [0, 0.1) is 5.82 Å². The molecule has 20 heavy (non-hydrogen) atoms. The van der Waals surface area contributed by atoms with Gasteiger partial charge in [-0.3, -0.25) is 4.98 Å². The molecule has 1 aromatic heterocycles. The van der Waals surface area contributed by atoms with Crippen LogP contribution in [-0.2, 0) is 0 Å². The van der Waals surface area contributed by atoms with Crippen LogP contribution in [0.25, 0.3) is 0 Å². The molecule has 3 heteroatoms. The summed E-state index contributed by atoms with van der Waals surface area (Å²) in [5.74, 6) is 0.405. The highest BCUT2D eigenvalue weighted by molar-refractivity contribution is 5.24. The summed E-state index contributed by atoms with van der Waals surface area (Å²) in [5.41, 5.74) is 2.47. The number of pyridine rings is 1. The predicted molar refractivity (Wildman–Crippen MR) is 78.0 cm³/mol. The number of hydrogen-bond acceptors (Lipinski definition) is 2. The molecule has 1 N–H and O–H groups in total. The average Bonchev–Trinajstić information content (AvgIpc) is 2.44. The monoisotopic (exact) mass is 270 g/mol. The second kappa shape index (κ2) is 5.71. The SMILES string of the molecule is C[C@@H](NC1CC(c2ccc(F)cc2)C1)c1cccnc1. The van der Waals surface area contributed by atoms with E-state index in [1.54, 1.807) is 18.3 Å². The Labute approximate surface area is 119 Å². The maximum Gasteiger partial charge on any atom is 0.123 e. The van der Waals surface area contributed by atoms with Crippen LogP contribution in [0.3, 0.4) is 0 Å². The third-order valence-corrected chi connectivity index (χ3v) is 4.15. The highest BCUT2D eigenvalue weighted by Gasteiger charge is 2.31. The van der Waals surface area contributed by atoms with Gasteiger partial charge in [-0.25, -0.2) is 4.39 Å². The van der Waals surface area contributed by atoms with Gasteiger partial charge in [-0.2, -0.15) is 0 Å². The lowest BCUT2D eigenvalue weighted by Gasteiger charge is -2.38. The molecule has 1 aliphatic rings. The maximum absolute atomic E-state index is 12.9. The van der Waals surface area contributed by atoms with Crippen molar-refractivity contribution in [3.63, 3.8) is 0 Å². The van der Waals surface area contributed by atoms with Gasteiger partial charge in [0.25, 0.3) is 0 Å². The van der Waals surface area contributed by atoms with Crippen LogP contribution in [0.2, 0.25) is 0 Å². The summed E-state index contributed by atoms with van der Waals surface area (Å²) >= 11 is 0. The minimum Gasteiger partial charge on any atom is -0.307 e. The molecule has 104 valence electrons. The smallest absolute Gasteiger partial charge is 0.123 e. The van der Waals surface area contributed by atoms with Crippen molar-refractivity contribution in [1.29, 1.82) is 0 Å². The molecule has 1 heterocycles. The molecule has 2 aromatic rings. The zero-order valence-corrected chi connectivity index (χ0v) is 11.6. The van der Waals surface area contributed by atoms with Crippen molar-refractivity contribution in [3.8, 4) is 0 Å². The first-order valence-corrected chi connectivity index (χ1v) is 7.14. The number of rotatable bonds is 4. The van der Waals surface area contributed by atoms with Crippen molar-refractivity contribution in [2.24, 2.45) is 0 Å². The predicted octanol–water partition coefficient (Wildman–Crippen LogP) is 3.82. The molecule has 1 aliphatic carbocycles. The fraction of sp³-hybridized carbons (Fsp3) is 0.353. The van der Waals surface area contributed by atoms with Gasteiger partial charge < -0.3 is 5.32 Å². The fourth-order valence-electron chi connectivity index (χ4n) is 2.84. The zero-order valence-electron chi connectivity index (χ0n) is 11.6. The molecule has 0 aliphatic heterocycles. The van der Waals surface area contributed by atoms with E-state index < -0.39 is 0 Å². The van der Waals surface area contributed by atoms with Gasteiger partial charge in [0.05, 0.1) is 0 Å². The Hall–Kier alpha value is -1.74. The average molecular weight is 270 g/mol. The van der Waals surface area contributed by atoms with Gasteiger partial charge in [-0.15, -0.1) is 0 Å². The second-order valence-electron chi connectivity index (χ2n) is 5.59. The van der Waals surface area contributed by atoms with Crippen LogP contribution in [0.1, 0.15) is 42.9 Å². The topological polar surface area (TPSA) is 24.9 Å². The highest BCUT2D eigenvalue weighted by Crippen LogP contribution is 2.37. The van der Waals surface area contributed by atoms with Crippen LogP contribution in [0.4, 0.5) is 4.39 Å². The first kappa shape index (κ1) is 13.3. The third kappa shape index (κ3) is 2.88. The Bertz CT molecular complexity index is 547. The highest BCUT2D eigenvalue weighted by atomic mass is 19.1. The maximum atomic E-state index is 12.9. The van der Waals surface area contributed by atoms with E-state index in [0.717, 1.165) is 12.8 Å². The van der Waals surface area contributed by atoms with Crippen LogP contribution in [0.5, 0.6) is 0 Å². The van der Waals surface area contributed by atoms with Crippen molar-refractivity contribution in [3.05, 3.63) is 65.7 Å². The van der Waals surface area contributed by atoms with E-state index in [0.29, 0.717) is 18.0 Å². The Balaban J connectivity index is 1.52. The van der Waals surface area contributed by atoms with Crippen molar-refractivity contribution >= 4 is 0 Å². The molecule has 0 spiro atoms. The number of nitrogens with zero attached hydrogens (tertiary/aromatic N) is 1. The third-order valence-electron chi connectivity index (χ3n) is 4.15. The number of benzene rings is 1. The van der Waals surface area contributed by atoms with Crippen molar-refractivity contribution in [2.45, 2.75) is 37.8 Å². The summed E-state index contributed by atoms with van der Waals surface area (Å²) in [7, 11) is 0. The lowest BCUT2D eigenvalue weighted by molar-refractivity contribution is 0.270. The van der Waals surface area contributed by atoms with Gasteiger partial charge >= 0.3 is 0 Å². The van der Waals surface area contributed by atoms with Crippen LogP contribution in [-0.4, -0.2) is 11.0 Å². The zero-order chi connectivity index (χ0) is 13.9. The Morgan fingerprint density at radius 3 is 2.60 bits per heavy atom. The van der Waals surface area contributed by atoms with Gasteiger partial charge in [0, 0.05) is 24.5 Å². The molecule has 1 fully saturated rings. The number of aromatic nitrogens is 1. The molecule has 1 saturated carbocycles. The first-order valence-electron chi connectivity index (χ1n) is 7.14. The fourth-order valence-corrected chi connectivity index (χ4v) is 2.84. The standard InChI is InChI=1S/C17H19FN2/c1-12(14-3-2-8-19-11-14)20-17-9-15(10-17)13-4-6-16(18)7-5-13/h2-8,11-12,15,17,20H,9-10H2,1H3/t12-,15?,17?/m1/s1. The Kier molecular flexibility index (Phi) is 3.79. The van der Waals surface area contributed by atoms with E-state index in [-0.39, 0.29) is 5.82 Å². The van der Waals surface area contributed by atoms with E-state index in [4.69, 9.17) is 0 Å². The Morgan fingerprint density at radius 1 is 1.20 bits per heavy atom. The lowest BCUT2D eigenvalue weighted by atomic mass is 9.75. The minimum atomic E-state index is -0.159. The van der Waals surface area contributed by atoms with Gasteiger partial charge in [0.2, 0.25) is 0 Å². The van der Waals surface area contributed by atoms with Gasteiger partial charge in [-0.1, -0.05) is 18.2 Å².